The van der Waals surface area contributed by atoms with E-state index in [1.54, 1.807) is 28.7 Å². The third-order valence-electron chi connectivity index (χ3n) is 4.14. The van der Waals surface area contributed by atoms with Crippen LogP contribution in [0.4, 0.5) is 5.69 Å². The molecule has 0 saturated carbocycles. The minimum atomic E-state index is -0.476. The molecule has 136 valence electrons. The molecule has 0 saturated heterocycles. The normalized spacial score (nSPS) is 12.2. The zero-order valence-electron chi connectivity index (χ0n) is 14.7. The first-order valence-corrected chi connectivity index (χ1v) is 9.31. The molecule has 26 heavy (non-hydrogen) atoms. The first kappa shape index (κ1) is 18.7. The van der Waals surface area contributed by atoms with Gasteiger partial charge in [0, 0.05) is 10.7 Å². The molecule has 1 amide bonds. The Balaban J connectivity index is 1.67. The number of anilines is 1. The Morgan fingerprint density at radius 3 is 2.62 bits per heavy atom. The average Bonchev–Trinajstić information content (AvgIpc) is 3.15. The highest BCUT2D eigenvalue weighted by molar-refractivity contribution is 9.10. The number of carbonyl (C=O) groups is 1. The van der Waals surface area contributed by atoms with E-state index < -0.39 is 6.04 Å². The molecular weight excluding hydrogens is 418 g/mol. The molecule has 0 aliphatic rings. The fourth-order valence-electron chi connectivity index (χ4n) is 2.67. The second kappa shape index (κ2) is 7.63. The van der Waals surface area contributed by atoms with E-state index in [1.807, 2.05) is 38.1 Å². The molecule has 0 aliphatic carbocycles. The molecule has 0 bridgehead atoms. The van der Waals surface area contributed by atoms with E-state index in [2.05, 4.69) is 31.4 Å². The van der Waals surface area contributed by atoms with Gasteiger partial charge in [-0.3, -0.25) is 14.2 Å². The van der Waals surface area contributed by atoms with Crippen LogP contribution in [0.3, 0.4) is 0 Å². The highest BCUT2D eigenvalue weighted by atomic mass is 79.9. The molecule has 3 aromatic rings. The number of nitrogens with zero attached hydrogens (tertiary/aromatic N) is 4. The molecule has 0 radical (unpaired) electrons. The summed E-state index contributed by atoms with van der Waals surface area (Å²) in [5.41, 5.74) is 3.26. The summed E-state index contributed by atoms with van der Waals surface area (Å²) >= 11 is 9.59. The fourth-order valence-corrected chi connectivity index (χ4v) is 3.06. The number of carbonyl (C=O) groups excluding carboxylic acids is 1. The molecule has 1 aromatic carbocycles. The summed E-state index contributed by atoms with van der Waals surface area (Å²) in [6.07, 6.45) is 3.44. The number of aryl methyl sites for hydroxylation is 1. The van der Waals surface area contributed by atoms with Crippen LogP contribution >= 0.6 is 27.5 Å². The van der Waals surface area contributed by atoms with E-state index in [0.29, 0.717) is 22.9 Å². The maximum absolute atomic E-state index is 12.5. The van der Waals surface area contributed by atoms with Gasteiger partial charge < -0.3 is 5.32 Å². The Bertz CT molecular complexity index is 932. The molecule has 2 aromatic heterocycles. The summed E-state index contributed by atoms with van der Waals surface area (Å²) in [7, 11) is 0. The van der Waals surface area contributed by atoms with Gasteiger partial charge in [-0.1, -0.05) is 39.7 Å². The lowest BCUT2D eigenvalue weighted by molar-refractivity contribution is -0.119. The number of hydrogen-bond acceptors (Lipinski definition) is 3. The molecule has 1 unspecified atom stereocenters. The van der Waals surface area contributed by atoms with Crippen molar-refractivity contribution in [1.82, 2.24) is 19.6 Å². The van der Waals surface area contributed by atoms with Crippen LogP contribution in [0.5, 0.6) is 0 Å². The van der Waals surface area contributed by atoms with Crippen LogP contribution in [0.1, 0.15) is 29.9 Å². The second-order valence-corrected chi connectivity index (χ2v) is 7.44. The first-order chi connectivity index (χ1) is 12.3. The molecule has 6 nitrogen and oxygen atoms in total. The van der Waals surface area contributed by atoms with E-state index in [4.69, 9.17) is 11.6 Å². The summed E-state index contributed by atoms with van der Waals surface area (Å²) in [5, 5.41) is 12.1. The van der Waals surface area contributed by atoms with Crippen molar-refractivity contribution in [2.75, 3.05) is 5.32 Å². The minimum absolute atomic E-state index is 0.171. The summed E-state index contributed by atoms with van der Waals surface area (Å²) in [4.78, 5) is 12.5. The Morgan fingerprint density at radius 2 is 2.00 bits per heavy atom. The van der Waals surface area contributed by atoms with Gasteiger partial charge in [-0.05, 0) is 38.5 Å². The summed E-state index contributed by atoms with van der Waals surface area (Å²) in [6.45, 7) is 6.09. The van der Waals surface area contributed by atoms with Crippen molar-refractivity contribution in [3.8, 4) is 0 Å². The molecule has 3 rings (SSSR count). The summed E-state index contributed by atoms with van der Waals surface area (Å²) < 4.78 is 4.45. The number of nitrogens with one attached hydrogen (secondary N) is 1. The average molecular weight is 437 g/mol. The zero-order chi connectivity index (χ0) is 18.8. The van der Waals surface area contributed by atoms with Crippen LogP contribution in [-0.2, 0) is 11.3 Å². The lowest BCUT2D eigenvalue weighted by atomic mass is 10.2. The molecule has 0 fully saturated rings. The van der Waals surface area contributed by atoms with Gasteiger partial charge in [0.1, 0.15) is 6.04 Å². The third kappa shape index (κ3) is 3.99. The number of halogens is 2. The number of aromatic nitrogens is 4. The first-order valence-electron chi connectivity index (χ1n) is 8.14. The van der Waals surface area contributed by atoms with Gasteiger partial charge >= 0.3 is 0 Å². The lowest BCUT2D eigenvalue weighted by Gasteiger charge is -2.13. The SMILES string of the molecule is Cc1nn(C(C)C(=O)Nc2cnn(Cc3ccc(Br)cc3)c2)c(C)c1Cl. The van der Waals surface area contributed by atoms with E-state index in [9.17, 15) is 4.79 Å². The standard InChI is InChI=1S/C18H19BrClN5O/c1-11-17(20)12(2)25(23-11)13(3)18(26)22-16-8-21-24(10-16)9-14-4-6-15(19)7-5-14/h4-8,10,13H,9H2,1-3H3,(H,22,26). The molecule has 8 heteroatoms. The van der Waals surface area contributed by atoms with Crippen LogP contribution in [0, 0.1) is 13.8 Å². The Labute approximate surface area is 165 Å². The maximum atomic E-state index is 12.5. The summed E-state index contributed by atoms with van der Waals surface area (Å²) in [5.74, 6) is -0.171. The Hall–Kier alpha value is -2.12. The largest absolute Gasteiger partial charge is 0.322 e. The van der Waals surface area contributed by atoms with Crippen molar-refractivity contribution >= 4 is 39.1 Å². The smallest absolute Gasteiger partial charge is 0.249 e. The van der Waals surface area contributed by atoms with Crippen LogP contribution in [0.15, 0.2) is 41.1 Å². The predicted molar refractivity (Wildman–Crippen MR) is 106 cm³/mol. The van der Waals surface area contributed by atoms with Crippen LogP contribution in [0.25, 0.3) is 0 Å². The Morgan fingerprint density at radius 1 is 1.31 bits per heavy atom. The highest BCUT2D eigenvalue weighted by Gasteiger charge is 2.21. The van der Waals surface area contributed by atoms with Gasteiger partial charge in [0.25, 0.3) is 0 Å². The molecule has 0 spiro atoms. The fraction of sp³-hybridized carbons (Fsp3) is 0.278. The summed E-state index contributed by atoms with van der Waals surface area (Å²) in [6, 6.07) is 7.55. The molecular formula is C18H19BrClN5O. The molecule has 1 atom stereocenters. The van der Waals surface area contributed by atoms with Gasteiger partial charge in [0.05, 0.1) is 34.8 Å². The lowest BCUT2D eigenvalue weighted by Crippen LogP contribution is -2.25. The van der Waals surface area contributed by atoms with Crippen LogP contribution in [-0.4, -0.2) is 25.5 Å². The van der Waals surface area contributed by atoms with Crippen molar-refractivity contribution < 1.29 is 4.79 Å². The second-order valence-electron chi connectivity index (χ2n) is 6.15. The van der Waals surface area contributed by atoms with Gasteiger partial charge in [-0.25, -0.2) is 0 Å². The van der Waals surface area contributed by atoms with Crippen LogP contribution < -0.4 is 5.32 Å². The molecule has 1 N–H and O–H groups in total. The van der Waals surface area contributed by atoms with Crippen molar-refractivity contribution in [2.24, 2.45) is 0 Å². The third-order valence-corrected chi connectivity index (χ3v) is 5.22. The van der Waals surface area contributed by atoms with Crippen molar-refractivity contribution in [2.45, 2.75) is 33.4 Å². The molecule has 2 heterocycles. The van der Waals surface area contributed by atoms with E-state index in [1.165, 1.54) is 0 Å². The highest BCUT2D eigenvalue weighted by Crippen LogP contribution is 2.23. The zero-order valence-corrected chi connectivity index (χ0v) is 17.0. The number of rotatable bonds is 5. The van der Waals surface area contributed by atoms with Crippen LogP contribution in [0.2, 0.25) is 5.02 Å². The van der Waals surface area contributed by atoms with E-state index in [-0.39, 0.29) is 5.91 Å². The van der Waals surface area contributed by atoms with E-state index in [0.717, 1.165) is 15.7 Å². The monoisotopic (exact) mass is 435 g/mol. The van der Waals surface area contributed by atoms with Crippen molar-refractivity contribution in [3.05, 3.63) is 63.1 Å². The number of benzene rings is 1. The van der Waals surface area contributed by atoms with Gasteiger partial charge in [-0.2, -0.15) is 10.2 Å². The van der Waals surface area contributed by atoms with Gasteiger partial charge in [-0.15, -0.1) is 0 Å². The van der Waals surface area contributed by atoms with Gasteiger partial charge in [0.2, 0.25) is 5.91 Å². The maximum Gasteiger partial charge on any atom is 0.249 e. The number of amides is 1. The molecule has 0 aliphatic heterocycles. The number of hydrogen-bond donors (Lipinski definition) is 1. The Kier molecular flexibility index (Phi) is 5.48. The quantitative estimate of drug-likeness (QED) is 0.646. The minimum Gasteiger partial charge on any atom is -0.322 e. The van der Waals surface area contributed by atoms with Crippen molar-refractivity contribution in [1.29, 1.82) is 0 Å². The van der Waals surface area contributed by atoms with E-state index >= 15 is 0 Å². The predicted octanol–water partition coefficient (Wildman–Crippen LogP) is 4.36. The topological polar surface area (TPSA) is 64.7 Å². The van der Waals surface area contributed by atoms with Gasteiger partial charge in [0.15, 0.2) is 0 Å². The van der Waals surface area contributed by atoms with Crippen molar-refractivity contribution in [3.63, 3.8) is 0 Å².